The highest BCUT2D eigenvalue weighted by Crippen LogP contribution is 2.44. The topological polar surface area (TPSA) is 54.5 Å². The summed E-state index contributed by atoms with van der Waals surface area (Å²) in [7, 11) is -3.44. The normalized spacial score (nSPS) is 24.0. The largest absolute Gasteiger partial charge is 0.333 e. The molecule has 26 heavy (non-hydrogen) atoms. The van der Waals surface area contributed by atoms with Crippen LogP contribution in [0.5, 0.6) is 0 Å². The Bertz CT molecular complexity index is 986. The third-order valence-electron chi connectivity index (χ3n) is 5.32. The summed E-state index contributed by atoms with van der Waals surface area (Å²) in [6.45, 7) is 4.17. The lowest BCUT2D eigenvalue weighted by Crippen LogP contribution is -2.47. The van der Waals surface area contributed by atoms with Crippen LogP contribution in [0.25, 0.3) is 10.4 Å². The van der Waals surface area contributed by atoms with Crippen molar-refractivity contribution in [3.8, 4) is 10.4 Å². The van der Waals surface area contributed by atoms with Crippen molar-refractivity contribution in [2.75, 3.05) is 0 Å². The van der Waals surface area contributed by atoms with E-state index in [4.69, 9.17) is 11.6 Å². The van der Waals surface area contributed by atoms with Crippen LogP contribution >= 0.6 is 22.9 Å². The molecule has 2 aromatic rings. The van der Waals surface area contributed by atoms with Crippen molar-refractivity contribution in [1.82, 2.24) is 4.90 Å². The van der Waals surface area contributed by atoms with Gasteiger partial charge in [0.15, 0.2) is 9.84 Å². The maximum Gasteiger partial charge on any atom is 0.264 e. The van der Waals surface area contributed by atoms with Crippen LogP contribution in [0.3, 0.4) is 0 Å². The number of likely N-dealkylation sites (tertiary alicyclic amines) is 1. The lowest BCUT2D eigenvalue weighted by molar-refractivity contribution is 0.0516. The number of carbonyl (C=O) groups is 1. The van der Waals surface area contributed by atoms with E-state index < -0.39 is 9.84 Å². The Morgan fingerprint density at radius 1 is 1.19 bits per heavy atom. The number of rotatable bonds is 1. The van der Waals surface area contributed by atoms with E-state index in [1.54, 1.807) is 18.2 Å². The van der Waals surface area contributed by atoms with Gasteiger partial charge in [-0.15, -0.1) is 11.3 Å². The average molecular weight is 410 g/mol. The van der Waals surface area contributed by atoms with Crippen LogP contribution in [0, 0.1) is 0 Å². The molecule has 3 heterocycles. The molecule has 0 saturated carbocycles. The Morgan fingerprint density at radius 2 is 1.88 bits per heavy atom. The number of benzene rings is 1. The number of fused-ring (bicyclic) bond motifs is 3. The fourth-order valence-electron chi connectivity index (χ4n) is 4.04. The molecule has 138 valence electrons. The van der Waals surface area contributed by atoms with Gasteiger partial charge in [-0.2, -0.15) is 0 Å². The van der Waals surface area contributed by atoms with Gasteiger partial charge < -0.3 is 4.90 Å². The summed E-state index contributed by atoms with van der Waals surface area (Å²) >= 11 is 7.39. The first kappa shape index (κ1) is 18.0. The highest BCUT2D eigenvalue weighted by Gasteiger charge is 2.34. The van der Waals surface area contributed by atoms with Crippen LogP contribution in [0.1, 0.15) is 48.3 Å². The van der Waals surface area contributed by atoms with Crippen LogP contribution in [-0.2, 0) is 15.6 Å². The third kappa shape index (κ3) is 2.88. The lowest BCUT2D eigenvalue weighted by atomic mass is 9.97. The van der Waals surface area contributed by atoms with E-state index in [9.17, 15) is 13.2 Å². The molecule has 0 aliphatic carbocycles. The minimum Gasteiger partial charge on any atom is -0.333 e. The zero-order valence-corrected chi connectivity index (χ0v) is 17.0. The molecular formula is C19H20ClNO3S2. The summed E-state index contributed by atoms with van der Waals surface area (Å²) < 4.78 is 25.2. The van der Waals surface area contributed by atoms with E-state index in [2.05, 4.69) is 13.8 Å². The highest BCUT2D eigenvalue weighted by molar-refractivity contribution is 7.91. The molecule has 0 N–H and O–H groups in total. The molecule has 4 rings (SSSR count). The molecule has 1 fully saturated rings. The number of amides is 1. The molecule has 0 spiro atoms. The quantitative estimate of drug-likeness (QED) is 0.682. The highest BCUT2D eigenvalue weighted by atomic mass is 35.5. The molecule has 1 aromatic carbocycles. The Kier molecular flexibility index (Phi) is 4.40. The molecule has 0 radical (unpaired) electrons. The second kappa shape index (κ2) is 6.36. The van der Waals surface area contributed by atoms with E-state index in [0.717, 1.165) is 24.1 Å². The van der Waals surface area contributed by atoms with E-state index >= 15 is 0 Å². The molecule has 1 amide bonds. The second-order valence-electron chi connectivity index (χ2n) is 7.21. The maximum absolute atomic E-state index is 13.1. The zero-order chi connectivity index (χ0) is 18.6. The van der Waals surface area contributed by atoms with Crippen LogP contribution in [-0.4, -0.2) is 31.3 Å². The number of nitrogens with zero attached hydrogens (tertiary/aromatic N) is 1. The first-order valence-electron chi connectivity index (χ1n) is 8.76. The van der Waals surface area contributed by atoms with Crippen molar-refractivity contribution in [2.45, 2.75) is 55.8 Å². The Morgan fingerprint density at radius 3 is 2.58 bits per heavy atom. The second-order valence-corrected chi connectivity index (χ2v) is 10.7. The fourth-order valence-corrected chi connectivity index (χ4v) is 7.20. The smallest absolute Gasteiger partial charge is 0.264 e. The van der Waals surface area contributed by atoms with E-state index in [1.165, 1.54) is 17.4 Å². The molecule has 0 unspecified atom stereocenters. The standard InChI is InChI=1S/C19H20ClNO3S2/c1-11-4-3-5-12(2)21(11)19(22)16-8-13-10-26(23,24)17-9-14(20)6-7-15(17)18(13)25-16/h6-9,11-12H,3-5,10H2,1-2H3/t11-,12-/m1/s1. The molecule has 1 saturated heterocycles. The summed E-state index contributed by atoms with van der Waals surface area (Å²) in [5.41, 5.74) is 1.37. The van der Waals surface area contributed by atoms with Crippen molar-refractivity contribution in [3.05, 3.63) is 39.7 Å². The molecule has 2 aliphatic heterocycles. The van der Waals surface area contributed by atoms with Gasteiger partial charge in [0, 0.05) is 27.5 Å². The van der Waals surface area contributed by atoms with Crippen molar-refractivity contribution >= 4 is 38.7 Å². The molecule has 2 atom stereocenters. The molecule has 7 heteroatoms. The minimum atomic E-state index is -3.44. The van der Waals surface area contributed by atoms with Crippen LogP contribution < -0.4 is 0 Å². The molecule has 0 bridgehead atoms. The summed E-state index contributed by atoms with van der Waals surface area (Å²) in [4.78, 5) is 16.8. The summed E-state index contributed by atoms with van der Waals surface area (Å²) in [6, 6.07) is 7.13. The first-order valence-corrected chi connectivity index (χ1v) is 11.6. The number of thiophene rings is 1. The summed E-state index contributed by atoms with van der Waals surface area (Å²) in [6.07, 6.45) is 3.16. The van der Waals surface area contributed by atoms with Crippen molar-refractivity contribution in [2.24, 2.45) is 0 Å². The third-order valence-corrected chi connectivity index (χ3v) is 8.45. The minimum absolute atomic E-state index is 0.0111. The molecule has 4 nitrogen and oxygen atoms in total. The number of halogens is 1. The van der Waals surface area contributed by atoms with Gasteiger partial charge in [0.1, 0.15) is 0 Å². The van der Waals surface area contributed by atoms with Gasteiger partial charge in [-0.25, -0.2) is 8.42 Å². The Labute approximate surface area is 162 Å². The number of sulfone groups is 1. The zero-order valence-electron chi connectivity index (χ0n) is 14.7. The first-order chi connectivity index (χ1) is 12.3. The van der Waals surface area contributed by atoms with Crippen LogP contribution in [0.4, 0.5) is 0 Å². The van der Waals surface area contributed by atoms with Crippen LogP contribution in [0.15, 0.2) is 29.2 Å². The van der Waals surface area contributed by atoms with Gasteiger partial charge >= 0.3 is 0 Å². The lowest BCUT2D eigenvalue weighted by Gasteiger charge is -2.38. The Hall–Kier alpha value is -1.37. The van der Waals surface area contributed by atoms with Gasteiger partial charge in [0.2, 0.25) is 0 Å². The maximum atomic E-state index is 13.1. The van der Waals surface area contributed by atoms with E-state index in [0.29, 0.717) is 21.0 Å². The predicted molar refractivity (Wildman–Crippen MR) is 105 cm³/mol. The Balaban J connectivity index is 1.78. The summed E-state index contributed by atoms with van der Waals surface area (Å²) in [5, 5.41) is 0.402. The van der Waals surface area contributed by atoms with E-state index in [-0.39, 0.29) is 28.6 Å². The fraction of sp³-hybridized carbons (Fsp3) is 0.421. The monoisotopic (exact) mass is 409 g/mol. The van der Waals surface area contributed by atoms with Crippen molar-refractivity contribution in [3.63, 3.8) is 0 Å². The predicted octanol–water partition coefficient (Wildman–Crippen LogP) is 4.76. The number of piperidine rings is 1. The summed E-state index contributed by atoms with van der Waals surface area (Å²) in [5.74, 6) is -0.0677. The van der Waals surface area contributed by atoms with E-state index in [1.807, 2.05) is 4.90 Å². The molecule has 1 aromatic heterocycles. The molecule has 2 aliphatic rings. The van der Waals surface area contributed by atoms with Gasteiger partial charge in [0.25, 0.3) is 5.91 Å². The number of carbonyl (C=O) groups excluding carboxylic acids is 1. The van der Waals surface area contributed by atoms with Gasteiger partial charge in [-0.05, 0) is 56.9 Å². The SMILES string of the molecule is C[C@@H]1CCC[C@@H](C)N1C(=O)c1cc2c(s1)-c1ccc(Cl)cc1S(=O)(=O)C2. The molecular weight excluding hydrogens is 390 g/mol. The average Bonchev–Trinajstić information content (AvgIpc) is 2.97. The van der Waals surface area contributed by atoms with Gasteiger partial charge in [-0.1, -0.05) is 17.7 Å². The van der Waals surface area contributed by atoms with Gasteiger partial charge in [-0.3, -0.25) is 4.79 Å². The number of hydrogen-bond donors (Lipinski definition) is 0. The van der Waals surface area contributed by atoms with Crippen LogP contribution in [0.2, 0.25) is 5.02 Å². The van der Waals surface area contributed by atoms with Crippen molar-refractivity contribution in [1.29, 1.82) is 0 Å². The van der Waals surface area contributed by atoms with Gasteiger partial charge in [0.05, 0.1) is 15.5 Å². The van der Waals surface area contributed by atoms with Crippen molar-refractivity contribution < 1.29 is 13.2 Å². The number of hydrogen-bond acceptors (Lipinski definition) is 4.